The second-order valence-electron chi connectivity index (χ2n) is 4.61. The maximum Gasteiger partial charge on any atom is 0.335 e. The van der Waals surface area contributed by atoms with Gasteiger partial charge in [-0.2, -0.15) is 0 Å². The van der Waals surface area contributed by atoms with Gasteiger partial charge in [0.05, 0.1) is 5.56 Å². The van der Waals surface area contributed by atoms with Crippen LogP contribution in [0.1, 0.15) is 22.3 Å². The Morgan fingerprint density at radius 1 is 1.29 bits per heavy atom. The number of anilines is 1. The minimum atomic E-state index is -1.02. The lowest BCUT2D eigenvalue weighted by atomic mass is 10.1. The molecule has 0 spiro atoms. The number of nitrogens with one attached hydrogen (secondary N) is 2. The van der Waals surface area contributed by atoms with Crippen molar-refractivity contribution in [2.75, 3.05) is 26.0 Å². The third-order valence-electron chi connectivity index (χ3n) is 3.01. The van der Waals surface area contributed by atoms with E-state index in [0.29, 0.717) is 11.3 Å². The highest BCUT2D eigenvalue weighted by atomic mass is 16.4. The van der Waals surface area contributed by atoms with Crippen LogP contribution in [0.15, 0.2) is 18.2 Å². The third-order valence-corrected chi connectivity index (χ3v) is 3.01. The zero-order valence-corrected chi connectivity index (χ0v) is 12.3. The van der Waals surface area contributed by atoms with Gasteiger partial charge < -0.3 is 20.6 Å². The summed E-state index contributed by atoms with van der Waals surface area (Å²) in [5.74, 6) is -1.16. The molecule has 0 unspecified atom stereocenters. The SMILES string of the molecule is CNC(=O)CCN(C)C(=O)Nc1ccc(C(=O)O)cc1C. The lowest BCUT2D eigenvalue weighted by molar-refractivity contribution is -0.120. The smallest absolute Gasteiger partial charge is 0.335 e. The minimum Gasteiger partial charge on any atom is -0.478 e. The molecule has 0 aliphatic rings. The van der Waals surface area contributed by atoms with Gasteiger partial charge in [-0.15, -0.1) is 0 Å². The van der Waals surface area contributed by atoms with Crippen LogP contribution in [-0.4, -0.2) is 48.6 Å². The molecule has 0 aromatic heterocycles. The summed E-state index contributed by atoms with van der Waals surface area (Å²) in [6.45, 7) is 2.00. The number of urea groups is 1. The Bertz CT molecular complexity index is 557. The number of hydrogen-bond donors (Lipinski definition) is 3. The van der Waals surface area contributed by atoms with E-state index < -0.39 is 5.97 Å². The summed E-state index contributed by atoms with van der Waals surface area (Å²) in [7, 11) is 3.12. The molecule has 0 atom stereocenters. The molecule has 0 aliphatic carbocycles. The molecule has 7 nitrogen and oxygen atoms in total. The molecule has 3 N–H and O–H groups in total. The minimum absolute atomic E-state index is 0.142. The summed E-state index contributed by atoms with van der Waals surface area (Å²) in [5.41, 5.74) is 1.36. The number of rotatable bonds is 5. The molecule has 1 rings (SSSR count). The number of aromatic carboxylic acids is 1. The van der Waals surface area contributed by atoms with Gasteiger partial charge >= 0.3 is 12.0 Å². The number of carbonyl (C=O) groups is 3. The third kappa shape index (κ3) is 4.79. The summed E-state index contributed by atoms with van der Waals surface area (Å²) >= 11 is 0. The van der Waals surface area contributed by atoms with E-state index in [1.165, 1.54) is 24.1 Å². The molecule has 7 heteroatoms. The van der Waals surface area contributed by atoms with E-state index in [1.54, 1.807) is 20.0 Å². The van der Waals surface area contributed by atoms with Crippen LogP contribution in [0.5, 0.6) is 0 Å². The Balaban J connectivity index is 2.66. The maximum atomic E-state index is 12.0. The normalized spacial score (nSPS) is 9.86. The number of hydrogen-bond acceptors (Lipinski definition) is 3. The second kappa shape index (κ2) is 7.28. The van der Waals surface area contributed by atoms with Crippen LogP contribution in [-0.2, 0) is 4.79 Å². The van der Waals surface area contributed by atoms with Crippen LogP contribution < -0.4 is 10.6 Å². The fourth-order valence-corrected chi connectivity index (χ4v) is 1.64. The highest BCUT2D eigenvalue weighted by Crippen LogP contribution is 2.17. The fourth-order valence-electron chi connectivity index (χ4n) is 1.64. The van der Waals surface area contributed by atoms with Crippen molar-refractivity contribution in [2.45, 2.75) is 13.3 Å². The first kappa shape index (κ1) is 16.5. The molecular weight excluding hydrogens is 274 g/mol. The van der Waals surface area contributed by atoms with Crippen LogP contribution >= 0.6 is 0 Å². The van der Waals surface area contributed by atoms with E-state index in [9.17, 15) is 14.4 Å². The molecule has 21 heavy (non-hydrogen) atoms. The Hall–Kier alpha value is -2.57. The number of aryl methyl sites for hydroxylation is 1. The van der Waals surface area contributed by atoms with Gasteiger partial charge in [0.15, 0.2) is 0 Å². The molecule has 3 amide bonds. The summed E-state index contributed by atoms with van der Waals surface area (Å²) in [4.78, 5) is 35.3. The first-order chi connectivity index (χ1) is 9.85. The van der Waals surface area contributed by atoms with Gasteiger partial charge in [0.25, 0.3) is 0 Å². The van der Waals surface area contributed by atoms with Crippen molar-refractivity contribution < 1.29 is 19.5 Å². The lowest BCUT2D eigenvalue weighted by Crippen LogP contribution is -2.34. The van der Waals surface area contributed by atoms with Gasteiger partial charge in [-0.3, -0.25) is 4.79 Å². The molecule has 0 fully saturated rings. The zero-order valence-electron chi connectivity index (χ0n) is 12.3. The molecule has 0 radical (unpaired) electrons. The number of amides is 3. The van der Waals surface area contributed by atoms with E-state index in [1.807, 2.05) is 0 Å². The molecule has 0 heterocycles. The molecule has 0 aliphatic heterocycles. The van der Waals surface area contributed by atoms with Crippen LogP contribution in [0.4, 0.5) is 10.5 Å². The van der Waals surface area contributed by atoms with E-state index in [4.69, 9.17) is 5.11 Å². The van der Waals surface area contributed by atoms with Gasteiger partial charge in [-0.1, -0.05) is 0 Å². The zero-order chi connectivity index (χ0) is 16.0. The van der Waals surface area contributed by atoms with Crippen molar-refractivity contribution in [3.8, 4) is 0 Å². The number of carbonyl (C=O) groups excluding carboxylic acids is 2. The lowest BCUT2D eigenvalue weighted by Gasteiger charge is -2.18. The summed E-state index contributed by atoms with van der Waals surface area (Å²) in [6, 6.07) is 4.10. The second-order valence-corrected chi connectivity index (χ2v) is 4.61. The van der Waals surface area contributed by atoms with Crippen molar-refractivity contribution in [3.05, 3.63) is 29.3 Å². The molecule has 114 valence electrons. The maximum absolute atomic E-state index is 12.0. The molecule has 1 aromatic carbocycles. The Kier molecular flexibility index (Phi) is 5.71. The van der Waals surface area contributed by atoms with Gasteiger partial charge in [-0.05, 0) is 30.7 Å². The van der Waals surface area contributed by atoms with Crippen LogP contribution in [0.2, 0.25) is 0 Å². The van der Waals surface area contributed by atoms with Crippen LogP contribution in [0.25, 0.3) is 0 Å². The largest absolute Gasteiger partial charge is 0.478 e. The van der Waals surface area contributed by atoms with Gasteiger partial charge in [-0.25, -0.2) is 9.59 Å². The molecule has 0 saturated heterocycles. The van der Waals surface area contributed by atoms with E-state index in [2.05, 4.69) is 10.6 Å². The predicted molar refractivity (Wildman–Crippen MR) is 78.5 cm³/mol. The van der Waals surface area contributed by atoms with E-state index in [-0.39, 0.29) is 30.5 Å². The predicted octanol–water partition coefficient (Wildman–Crippen LogP) is 1.29. The van der Waals surface area contributed by atoms with Crippen molar-refractivity contribution in [1.82, 2.24) is 10.2 Å². The van der Waals surface area contributed by atoms with Crippen molar-refractivity contribution >= 4 is 23.6 Å². The summed E-state index contributed by atoms with van der Waals surface area (Å²) in [5, 5.41) is 14.0. The van der Waals surface area contributed by atoms with Crippen molar-refractivity contribution in [1.29, 1.82) is 0 Å². The summed E-state index contributed by atoms with van der Waals surface area (Å²) in [6.07, 6.45) is 0.220. The number of benzene rings is 1. The number of nitrogens with zero attached hydrogens (tertiary/aromatic N) is 1. The number of carboxylic acid groups (broad SMARTS) is 1. The van der Waals surface area contributed by atoms with Crippen molar-refractivity contribution in [3.63, 3.8) is 0 Å². The highest BCUT2D eigenvalue weighted by Gasteiger charge is 2.12. The Morgan fingerprint density at radius 3 is 2.48 bits per heavy atom. The summed E-state index contributed by atoms with van der Waals surface area (Å²) < 4.78 is 0. The standard InChI is InChI=1S/C14H19N3O4/c1-9-8-10(13(19)20)4-5-11(9)16-14(21)17(3)7-6-12(18)15-2/h4-5,8H,6-7H2,1-3H3,(H,15,18)(H,16,21)(H,19,20). The average molecular weight is 293 g/mol. The average Bonchev–Trinajstić information content (AvgIpc) is 2.45. The van der Waals surface area contributed by atoms with E-state index in [0.717, 1.165) is 0 Å². The van der Waals surface area contributed by atoms with E-state index >= 15 is 0 Å². The monoisotopic (exact) mass is 293 g/mol. The molecule has 1 aromatic rings. The van der Waals surface area contributed by atoms with Gasteiger partial charge in [0.2, 0.25) is 5.91 Å². The van der Waals surface area contributed by atoms with Gasteiger partial charge in [0.1, 0.15) is 0 Å². The topological polar surface area (TPSA) is 98.7 Å². The first-order valence-corrected chi connectivity index (χ1v) is 6.41. The Labute approximate surface area is 122 Å². The number of carboxylic acids is 1. The fraction of sp³-hybridized carbons (Fsp3) is 0.357. The molecular formula is C14H19N3O4. The van der Waals surface area contributed by atoms with Gasteiger partial charge in [0, 0.05) is 32.7 Å². The first-order valence-electron chi connectivity index (χ1n) is 6.41. The molecule has 0 saturated carbocycles. The quantitative estimate of drug-likeness (QED) is 0.762. The van der Waals surface area contributed by atoms with Crippen LogP contribution in [0.3, 0.4) is 0 Å². The molecule has 0 bridgehead atoms. The van der Waals surface area contributed by atoms with Crippen LogP contribution in [0, 0.1) is 6.92 Å². The highest BCUT2D eigenvalue weighted by molar-refractivity contribution is 5.92. The van der Waals surface area contributed by atoms with Crippen molar-refractivity contribution in [2.24, 2.45) is 0 Å². The Morgan fingerprint density at radius 2 is 1.95 bits per heavy atom.